The zero-order chi connectivity index (χ0) is 18.5. The molecule has 0 radical (unpaired) electrons. The van der Waals surface area contributed by atoms with Gasteiger partial charge in [0.2, 0.25) is 11.8 Å². The zero-order valence-electron chi connectivity index (χ0n) is 15.2. The number of anilines is 2. The van der Waals surface area contributed by atoms with Gasteiger partial charge in [-0.2, -0.15) is 0 Å². The molecule has 0 unspecified atom stereocenters. The number of hydrogen-bond donors (Lipinski definition) is 4. The third-order valence-electron chi connectivity index (χ3n) is 5.71. The van der Waals surface area contributed by atoms with Gasteiger partial charge in [0.15, 0.2) is 0 Å². The smallest absolute Gasteiger partial charge is 0.227 e. The summed E-state index contributed by atoms with van der Waals surface area (Å²) >= 11 is 0. The molecule has 2 saturated carbocycles. The van der Waals surface area contributed by atoms with Crippen molar-refractivity contribution in [3.8, 4) is 0 Å². The Bertz CT molecular complexity index is 560. The molecule has 6 nitrogen and oxygen atoms in total. The Morgan fingerprint density at radius 3 is 1.27 bits per heavy atom. The SMILES string of the molecule is NC1CCC(C(=O)Nc2ccc(NC(=O)C3CCC(N)CC3)cc2)CC1. The standard InChI is InChI=1S/C20H30N4O2/c21-15-5-1-13(2-6-15)19(25)23-17-9-11-18(12-10-17)24-20(26)14-3-7-16(22)8-4-14/h9-16H,1-8,21-22H2,(H,23,25)(H,24,26). The van der Waals surface area contributed by atoms with Crippen LogP contribution in [0.2, 0.25) is 0 Å². The van der Waals surface area contributed by atoms with Crippen molar-refractivity contribution in [1.82, 2.24) is 0 Å². The van der Waals surface area contributed by atoms with Gasteiger partial charge < -0.3 is 22.1 Å². The number of nitrogens with two attached hydrogens (primary N) is 2. The first-order valence-electron chi connectivity index (χ1n) is 9.74. The molecule has 3 rings (SSSR count). The summed E-state index contributed by atoms with van der Waals surface area (Å²) in [7, 11) is 0. The van der Waals surface area contributed by atoms with E-state index >= 15 is 0 Å². The molecule has 0 aliphatic heterocycles. The maximum absolute atomic E-state index is 12.3. The topological polar surface area (TPSA) is 110 Å². The van der Waals surface area contributed by atoms with Crippen LogP contribution < -0.4 is 22.1 Å². The van der Waals surface area contributed by atoms with Crippen molar-refractivity contribution >= 4 is 23.2 Å². The Hall–Kier alpha value is -1.92. The molecule has 2 aliphatic carbocycles. The number of nitrogens with one attached hydrogen (secondary N) is 2. The van der Waals surface area contributed by atoms with Crippen LogP contribution in [0.1, 0.15) is 51.4 Å². The van der Waals surface area contributed by atoms with E-state index in [1.165, 1.54) is 0 Å². The summed E-state index contributed by atoms with van der Waals surface area (Å²) < 4.78 is 0. The number of benzene rings is 1. The maximum Gasteiger partial charge on any atom is 0.227 e. The molecule has 1 aromatic carbocycles. The van der Waals surface area contributed by atoms with Crippen molar-refractivity contribution in [1.29, 1.82) is 0 Å². The van der Waals surface area contributed by atoms with E-state index in [0.29, 0.717) is 0 Å². The van der Waals surface area contributed by atoms with Gasteiger partial charge in [0.1, 0.15) is 0 Å². The van der Waals surface area contributed by atoms with Crippen molar-refractivity contribution in [2.24, 2.45) is 23.3 Å². The first-order chi connectivity index (χ1) is 12.5. The van der Waals surface area contributed by atoms with Crippen molar-refractivity contribution in [2.45, 2.75) is 63.5 Å². The Balaban J connectivity index is 1.48. The minimum Gasteiger partial charge on any atom is -0.328 e. The molecule has 1 aromatic rings. The third-order valence-corrected chi connectivity index (χ3v) is 5.71. The highest BCUT2D eigenvalue weighted by Crippen LogP contribution is 2.26. The predicted molar refractivity (Wildman–Crippen MR) is 104 cm³/mol. The van der Waals surface area contributed by atoms with Crippen LogP contribution in [-0.4, -0.2) is 23.9 Å². The second-order valence-corrected chi connectivity index (χ2v) is 7.78. The molecule has 0 aromatic heterocycles. The Labute approximate surface area is 155 Å². The van der Waals surface area contributed by atoms with Crippen molar-refractivity contribution in [2.75, 3.05) is 10.6 Å². The number of amides is 2. The Morgan fingerprint density at radius 1 is 0.654 bits per heavy atom. The summed E-state index contributed by atoms with van der Waals surface area (Å²) in [6.07, 6.45) is 7.06. The molecule has 6 N–H and O–H groups in total. The van der Waals surface area contributed by atoms with Crippen molar-refractivity contribution in [3.63, 3.8) is 0 Å². The fourth-order valence-corrected chi connectivity index (χ4v) is 3.89. The first-order valence-corrected chi connectivity index (χ1v) is 9.74. The van der Waals surface area contributed by atoms with E-state index in [1.54, 1.807) is 0 Å². The minimum atomic E-state index is 0.0480. The molecule has 0 saturated heterocycles. The molecule has 2 amide bonds. The average Bonchev–Trinajstić information content (AvgIpc) is 2.64. The van der Waals surface area contributed by atoms with E-state index in [1.807, 2.05) is 24.3 Å². The van der Waals surface area contributed by atoms with Crippen LogP contribution in [0.4, 0.5) is 11.4 Å². The lowest BCUT2D eigenvalue weighted by Gasteiger charge is -2.25. The molecule has 0 bridgehead atoms. The molecule has 142 valence electrons. The molecule has 2 fully saturated rings. The average molecular weight is 358 g/mol. The van der Waals surface area contributed by atoms with Gasteiger partial charge in [0.05, 0.1) is 0 Å². The number of carbonyl (C=O) groups excluding carboxylic acids is 2. The van der Waals surface area contributed by atoms with E-state index in [4.69, 9.17) is 11.5 Å². The molecule has 26 heavy (non-hydrogen) atoms. The summed E-state index contributed by atoms with van der Waals surface area (Å²) in [5, 5.41) is 5.94. The molecule has 0 heterocycles. The highest BCUT2D eigenvalue weighted by Gasteiger charge is 2.25. The quantitative estimate of drug-likeness (QED) is 0.663. The first kappa shape index (κ1) is 18.9. The van der Waals surface area contributed by atoms with Gasteiger partial charge in [-0.05, 0) is 75.6 Å². The fourth-order valence-electron chi connectivity index (χ4n) is 3.89. The van der Waals surface area contributed by atoms with Crippen LogP contribution in [0, 0.1) is 11.8 Å². The molecule has 0 spiro atoms. The van der Waals surface area contributed by atoms with E-state index in [9.17, 15) is 9.59 Å². The summed E-state index contributed by atoms with van der Waals surface area (Å²) in [6, 6.07) is 7.80. The van der Waals surface area contributed by atoms with Gasteiger partial charge in [0, 0.05) is 35.3 Å². The lowest BCUT2D eigenvalue weighted by molar-refractivity contribution is -0.121. The second kappa shape index (κ2) is 8.64. The molecule has 0 atom stereocenters. The number of rotatable bonds is 4. The molecular formula is C20H30N4O2. The van der Waals surface area contributed by atoms with Gasteiger partial charge in [-0.25, -0.2) is 0 Å². The van der Waals surface area contributed by atoms with E-state index in [0.717, 1.165) is 62.7 Å². The minimum absolute atomic E-state index is 0.0480. The van der Waals surface area contributed by atoms with Gasteiger partial charge in [0.25, 0.3) is 0 Å². The molecule has 2 aliphatic rings. The lowest BCUT2D eigenvalue weighted by Crippen LogP contribution is -2.32. The van der Waals surface area contributed by atoms with E-state index in [-0.39, 0.29) is 35.7 Å². The van der Waals surface area contributed by atoms with Crippen LogP contribution in [0.25, 0.3) is 0 Å². The molecule has 6 heteroatoms. The monoisotopic (exact) mass is 358 g/mol. The van der Waals surface area contributed by atoms with Crippen LogP contribution in [0.3, 0.4) is 0 Å². The van der Waals surface area contributed by atoms with Gasteiger partial charge in [-0.15, -0.1) is 0 Å². The normalized spacial score (nSPS) is 29.0. The third kappa shape index (κ3) is 5.05. The van der Waals surface area contributed by atoms with Crippen LogP contribution in [0.15, 0.2) is 24.3 Å². The summed E-state index contributed by atoms with van der Waals surface area (Å²) in [5.74, 6) is 0.221. The summed E-state index contributed by atoms with van der Waals surface area (Å²) in [6.45, 7) is 0. The highest BCUT2D eigenvalue weighted by atomic mass is 16.2. The number of carbonyl (C=O) groups is 2. The van der Waals surface area contributed by atoms with Gasteiger partial charge >= 0.3 is 0 Å². The van der Waals surface area contributed by atoms with Crippen molar-refractivity contribution in [3.05, 3.63) is 24.3 Å². The predicted octanol–water partition coefficient (Wildman–Crippen LogP) is 2.60. The van der Waals surface area contributed by atoms with Crippen LogP contribution >= 0.6 is 0 Å². The summed E-state index contributed by atoms with van der Waals surface area (Å²) in [4.78, 5) is 24.7. The second-order valence-electron chi connectivity index (χ2n) is 7.78. The molecular weight excluding hydrogens is 328 g/mol. The fraction of sp³-hybridized carbons (Fsp3) is 0.600. The van der Waals surface area contributed by atoms with Gasteiger partial charge in [-0.1, -0.05) is 0 Å². The zero-order valence-corrected chi connectivity index (χ0v) is 15.2. The Kier molecular flexibility index (Phi) is 6.27. The van der Waals surface area contributed by atoms with Crippen LogP contribution in [0.5, 0.6) is 0 Å². The number of hydrogen-bond acceptors (Lipinski definition) is 4. The van der Waals surface area contributed by atoms with E-state index in [2.05, 4.69) is 10.6 Å². The largest absolute Gasteiger partial charge is 0.328 e. The maximum atomic E-state index is 12.3. The van der Waals surface area contributed by atoms with Gasteiger partial charge in [-0.3, -0.25) is 9.59 Å². The van der Waals surface area contributed by atoms with Crippen molar-refractivity contribution < 1.29 is 9.59 Å². The van der Waals surface area contributed by atoms with Crippen LogP contribution in [-0.2, 0) is 9.59 Å². The Morgan fingerprint density at radius 2 is 0.962 bits per heavy atom. The summed E-state index contributed by atoms with van der Waals surface area (Å²) in [5.41, 5.74) is 13.3. The highest BCUT2D eigenvalue weighted by molar-refractivity contribution is 5.94. The lowest BCUT2D eigenvalue weighted by atomic mass is 9.86. The van der Waals surface area contributed by atoms with E-state index < -0.39 is 0 Å².